The first-order chi connectivity index (χ1) is 16.9. The fourth-order valence-electron chi connectivity index (χ4n) is 4.08. The molecule has 0 atom stereocenters. The number of nitrogen functional groups attached to an aromatic ring is 1. The predicted octanol–water partition coefficient (Wildman–Crippen LogP) is 2.78. The second-order valence-corrected chi connectivity index (χ2v) is 12.7. The second-order valence-electron chi connectivity index (χ2n) is 8.77. The first-order valence-corrected chi connectivity index (χ1v) is 15.0. The van der Waals surface area contributed by atoms with Gasteiger partial charge in [-0.15, -0.1) is 0 Å². The highest BCUT2D eigenvalue weighted by molar-refractivity contribution is 7.93. The van der Waals surface area contributed by atoms with Crippen molar-refractivity contribution < 1.29 is 21.6 Å². The number of benzene rings is 2. The Hall–Kier alpha value is -3.51. The van der Waals surface area contributed by atoms with Crippen molar-refractivity contribution >= 4 is 42.8 Å². The largest absolute Gasteiger partial charge is 0.398 e. The van der Waals surface area contributed by atoms with Crippen LogP contribution in [0.3, 0.4) is 0 Å². The van der Waals surface area contributed by atoms with Gasteiger partial charge >= 0.3 is 0 Å². The first kappa shape index (κ1) is 25.6. The number of carbonyl (C=O) groups excluding carboxylic acids is 1. The highest BCUT2D eigenvalue weighted by Gasteiger charge is 2.22. The van der Waals surface area contributed by atoms with Crippen LogP contribution in [0.25, 0.3) is 11.3 Å². The molecule has 1 fully saturated rings. The number of carbonyl (C=O) groups is 1. The first-order valence-electron chi connectivity index (χ1n) is 11.3. The molecule has 1 amide bonds. The monoisotopic (exact) mass is 529 g/mol. The summed E-state index contributed by atoms with van der Waals surface area (Å²) < 4.78 is 48.4. The molecule has 4 rings (SSSR count). The number of nitrogens with zero attached hydrogens (tertiary/aromatic N) is 3. The number of amides is 1. The van der Waals surface area contributed by atoms with E-state index in [9.17, 15) is 21.6 Å². The molecule has 3 N–H and O–H groups in total. The maximum absolute atomic E-state index is 12.9. The number of nitrogens with one attached hydrogen (secondary N) is 1. The van der Waals surface area contributed by atoms with Crippen LogP contribution in [0.15, 0.2) is 58.6 Å². The average Bonchev–Trinajstić information content (AvgIpc) is 2.84. The topological polar surface area (TPSA) is 152 Å². The van der Waals surface area contributed by atoms with Gasteiger partial charge in [-0.05, 0) is 49.6 Å². The molecule has 10 nitrogen and oxygen atoms in total. The SMILES string of the molecule is CS(=O)(=O)c1ccc(-c2cnc(NC(=O)c3cc(N4CCCCC4)ccc3N)cn2)cc1S(C)(=O)=O. The lowest BCUT2D eigenvalue weighted by atomic mass is 10.1. The lowest BCUT2D eigenvalue weighted by Crippen LogP contribution is -2.29. The molecule has 36 heavy (non-hydrogen) atoms. The minimum atomic E-state index is -3.82. The summed E-state index contributed by atoms with van der Waals surface area (Å²) in [5.41, 5.74) is 8.35. The number of sulfone groups is 2. The number of piperidine rings is 1. The fraction of sp³-hybridized carbons (Fsp3) is 0.292. The molecule has 190 valence electrons. The zero-order valence-corrected chi connectivity index (χ0v) is 21.6. The Morgan fingerprint density at radius 3 is 2.19 bits per heavy atom. The lowest BCUT2D eigenvalue weighted by molar-refractivity contribution is 0.102. The van der Waals surface area contributed by atoms with Crippen molar-refractivity contribution in [2.75, 3.05) is 41.6 Å². The summed E-state index contributed by atoms with van der Waals surface area (Å²) in [7, 11) is -7.57. The summed E-state index contributed by atoms with van der Waals surface area (Å²) in [6.07, 6.45) is 8.01. The summed E-state index contributed by atoms with van der Waals surface area (Å²) in [6, 6.07) is 9.34. The standard InChI is InChI=1S/C24H27N5O5S2/c1-35(31,32)21-9-6-16(12-22(21)36(2,33)34)20-14-27-23(15-26-20)28-24(30)18-13-17(7-8-19(18)25)29-10-4-3-5-11-29/h6-9,12-15H,3-5,10-11,25H2,1-2H3,(H,27,28,30). The minimum Gasteiger partial charge on any atom is -0.398 e. The Labute approximate surface area is 210 Å². The number of rotatable bonds is 6. The van der Waals surface area contributed by atoms with Crippen LogP contribution in [0.1, 0.15) is 29.6 Å². The van der Waals surface area contributed by atoms with Crippen LogP contribution >= 0.6 is 0 Å². The molecule has 0 bridgehead atoms. The Bertz CT molecular complexity index is 1510. The molecule has 12 heteroatoms. The van der Waals surface area contributed by atoms with E-state index < -0.39 is 25.6 Å². The van der Waals surface area contributed by atoms with Crippen molar-refractivity contribution in [2.24, 2.45) is 0 Å². The van der Waals surface area contributed by atoms with Crippen molar-refractivity contribution in [3.63, 3.8) is 0 Å². The number of hydrogen-bond acceptors (Lipinski definition) is 9. The van der Waals surface area contributed by atoms with Crippen molar-refractivity contribution in [1.29, 1.82) is 0 Å². The van der Waals surface area contributed by atoms with Crippen molar-refractivity contribution in [3.8, 4) is 11.3 Å². The van der Waals surface area contributed by atoms with Crippen LogP contribution in [0.2, 0.25) is 0 Å². The molecule has 0 saturated carbocycles. The van der Waals surface area contributed by atoms with Crippen LogP contribution in [0, 0.1) is 0 Å². The molecule has 2 aromatic carbocycles. The highest BCUT2D eigenvalue weighted by atomic mass is 32.2. The van der Waals surface area contributed by atoms with Crippen LogP contribution in [0.4, 0.5) is 17.2 Å². The van der Waals surface area contributed by atoms with E-state index in [1.807, 2.05) is 6.07 Å². The average molecular weight is 530 g/mol. The van der Waals surface area contributed by atoms with Gasteiger partial charge in [0.1, 0.15) is 0 Å². The Morgan fingerprint density at radius 2 is 1.58 bits per heavy atom. The van der Waals surface area contributed by atoms with E-state index in [-0.39, 0.29) is 15.6 Å². The molecule has 1 aliphatic rings. The molecule has 2 heterocycles. The molecule has 3 aromatic rings. The van der Waals surface area contributed by atoms with Gasteiger partial charge in [0.05, 0.1) is 33.4 Å². The van der Waals surface area contributed by atoms with Crippen molar-refractivity contribution in [3.05, 3.63) is 54.4 Å². The Morgan fingerprint density at radius 1 is 0.889 bits per heavy atom. The molecule has 0 spiro atoms. The quantitative estimate of drug-likeness (QED) is 0.459. The van der Waals surface area contributed by atoms with Crippen molar-refractivity contribution in [2.45, 2.75) is 29.1 Å². The van der Waals surface area contributed by atoms with Crippen LogP contribution in [0.5, 0.6) is 0 Å². The summed E-state index contributed by atoms with van der Waals surface area (Å²) in [5, 5.41) is 2.69. The molecule has 0 radical (unpaired) electrons. The summed E-state index contributed by atoms with van der Waals surface area (Å²) in [5.74, 6) is -0.243. The van der Waals surface area contributed by atoms with E-state index in [1.165, 1.54) is 37.0 Å². The number of aromatic nitrogens is 2. The van der Waals surface area contributed by atoms with E-state index in [0.717, 1.165) is 44.1 Å². The van der Waals surface area contributed by atoms with Crippen LogP contribution < -0.4 is 16.0 Å². The summed E-state index contributed by atoms with van der Waals surface area (Å²) in [6.45, 7) is 1.87. The summed E-state index contributed by atoms with van der Waals surface area (Å²) >= 11 is 0. The van der Waals surface area contributed by atoms with Gasteiger partial charge in [-0.1, -0.05) is 6.07 Å². The number of nitrogens with two attached hydrogens (primary N) is 1. The third-order valence-electron chi connectivity index (χ3n) is 5.93. The molecule has 0 aliphatic carbocycles. The van der Waals surface area contributed by atoms with E-state index in [2.05, 4.69) is 20.2 Å². The van der Waals surface area contributed by atoms with Crippen molar-refractivity contribution in [1.82, 2.24) is 9.97 Å². The fourth-order valence-corrected chi connectivity index (χ4v) is 6.50. The Kier molecular flexibility index (Phi) is 7.01. The zero-order chi connectivity index (χ0) is 26.1. The van der Waals surface area contributed by atoms with Crippen LogP contribution in [-0.4, -0.2) is 58.3 Å². The highest BCUT2D eigenvalue weighted by Crippen LogP contribution is 2.28. The van der Waals surface area contributed by atoms with Gasteiger partial charge in [-0.2, -0.15) is 0 Å². The van der Waals surface area contributed by atoms with Gasteiger partial charge in [-0.3, -0.25) is 9.78 Å². The van der Waals surface area contributed by atoms with Gasteiger partial charge in [0.25, 0.3) is 5.91 Å². The molecule has 1 aliphatic heterocycles. The van der Waals surface area contributed by atoms with E-state index in [1.54, 1.807) is 12.1 Å². The van der Waals surface area contributed by atoms with Gasteiger partial charge in [0, 0.05) is 42.5 Å². The third-order valence-corrected chi connectivity index (χ3v) is 8.36. The maximum atomic E-state index is 12.9. The maximum Gasteiger partial charge on any atom is 0.259 e. The predicted molar refractivity (Wildman–Crippen MR) is 139 cm³/mol. The molecule has 1 saturated heterocycles. The van der Waals surface area contributed by atoms with E-state index in [4.69, 9.17) is 5.73 Å². The molecular formula is C24H27N5O5S2. The van der Waals surface area contributed by atoms with Gasteiger partial charge in [0.15, 0.2) is 25.5 Å². The lowest BCUT2D eigenvalue weighted by Gasteiger charge is -2.29. The summed E-state index contributed by atoms with van der Waals surface area (Å²) in [4.78, 5) is 23.0. The Balaban J connectivity index is 1.56. The number of hydrogen-bond donors (Lipinski definition) is 2. The smallest absolute Gasteiger partial charge is 0.259 e. The minimum absolute atomic E-state index is 0.183. The molecule has 1 aromatic heterocycles. The third kappa shape index (κ3) is 5.65. The molecular weight excluding hydrogens is 502 g/mol. The second kappa shape index (κ2) is 9.86. The zero-order valence-electron chi connectivity index (χ0n) is 19.9. The van der Waals surface area contributed by atoms with E-state index >= 15 is 0 Å². The normalized spacial score (nSPS) is 14.4. The van der Waals surface area contributed by atoms with Gasteiger partial charge in [-0.25, -0.2) is 21.8 Å². The molecule has 0 unspecified atom stereocenters. The van der Waals surface area contributed by atoms with Gasteiger partial charge in [0.2, 0.25) is 0 Å². The van der Waals surface area contributed by atoms with Gasteiger partial charge < -0.3 is 16.0 Å². The van der Waals surface area contributed by atoms with Crippen LogP contribution in [-0.2, 0) is 19.7 Å². The van der Waals surface area contributed by atoms with E-state index in [0.29, 0.717) is 22.5 Å². The number of anilines is 3.